The average Bonchev–Trinajstić information content (AvgIpc) is 2.63. The number of amides is 1. The Labute approximate surface area is 168 Å². The van der Waals surface area contributed by atoms with Crippen molar-refractivity contribution in [3.8, 4) is 5.75 Å². The quantitative estimate of drug-likeness (QED) is 0.679. The van der Waals surface area contributed by atoms with Crippen molar-refractivity contribution in [2.24, 2.45) is 0 Å². The number of carbonyl (C=O) groups excluding carboxylic acids is 2. The van der Waals surface area contributed by atoms with Gasteiger partial charge >= 0.3 is 12.1 Å². The molecule has 1 aromatic carbocycles. The molecule has 29 heavy (non-hydrogen) atoms. The molecular formula is C21H28F3NO4. The van der Waals surface area contributed by atoms with Crippen LogP contribution in [-0.4, -0.2) is 36.8 Å². The predicted molar refractivity (Wildman–Crippen MR) is 102 cm³/mol. The van der Waals surface area contributed by atoms with Crippen LogP contribution in [0.2, 0.25) is 0 Å². The van der Waals surface area contributed by atoms with Gasteiger partial charge in [-0.05, 0) is 62.4 Å². The van der Waals surface area contributed by atoms with Crippen molar-refractivity contribution in [2.45, 2.75) is 71.0 Å². The van der Waals surface area contributed by atoms with Crippen LogP contribution in [0.1, 0.15) is 55.7 Å². The summed E-state index contributed by atoms with van der Waals surface area (Å²) in [6.45, 7) is 4.04. The van der Waals surface area contributed by atoms with Crippen LogP contribution in [0.4, 0.5) is 13.2 Å². The van der Waals surface area contributed by atoms with Gasteiger partial charge in [0.1, 0.15) is 11.3 Å². The molecule has 1 saturated carbocycles. The van der Waals surface area contributed by atoms with E-state index in [1.807, 2.05) is 0 Å². The molecule has 0 radical (unpaired) electrons. The van der Waals surface area contributed by atoms with Crippen molar-refractivity contribution in [1.82, 2.24) is 5.32 Å². The number of ether oxygens (including phenoxy) is 2. The second-order valence-corrected chi connectivity index (χ2v) is 7.53. The molecule has 1 fully saturated rings. The highest BCUT2D eigenvalue weighted by molar-refractivity contribution is 5.89. The molecule has 0 heterocycles. The molecule has 0 aromatic heterocycles. The van der Waals surface area contributed by atoms with E-state index in [0.29, 0.717) is 29.5 Å². The normalized spacial score (nSPS) is 16.2. The van der Waals surface area contributed by atoms with Gasteiger partial charge in [-0.3, -0.25) is 4.79 Å². The van der Waals surface area contributed by atoms with Gasteiger partial charge in [0.05, 0.1) is 13.0 Å². The molecule has 0 saturated heterocycles. The van der Waals surface area contributed by atoms with Gasteiger partial charge in [-0.15, -0.1) is 0 Å². The molecular weight excluding hydrogens is 387 g/mol. The molecule has 2 rings (SSSR count). The predicted octanol–water partition coefficient (Wildman–Crippen LogP) is 4.17. The monoisotopic (exact) mass is 415 g/mol. The molecule has 1 amide bonds. The van der Waals surface area contributed by atoms with E-state index in [2.05, 4.69) is 5.32 Å². The van der Waals surface area contributed by atoms with Gasteiger partial charge in [0.15, 0.2) is 6.61 Å². The second-order valence-electron chi connectivity index (χ2n) is 7.53. The smallest absolute Gasteiger partial charge is 0.422 e. The summed E-state index contributed by atoms with van der Waals surface area (Å²) >= 11 is 0. The summed E-state index contributed by atoms with van der Waals surface area (Å²) in [6, 6.07) is 2.98. The number of rotatable bonds is 7. The summed E-state index contributed by atoms with van der Waals surface area (Å²) in [4.78, 5) is 25.2. The Morgan fingerprint density at radius 2 is 1.69 bits per heavy atom. The third-order valence-electron chi connectivity index (χ3n) is 5.16. The summed E-state index contributed by atoms with van der Waals surface area (Å²) in [5.41, 5.74) is 1.03. The standard InChI is InChI=1S/C21H28F3NO4/c1-4-28-19(27)20(8-6-5-7-9-20)25-18(26)12-17-14(2)10-16(11-15(17)3)29-13-21(22,23)24/h10-11H,4-9,12-13H2,1-3H3,(H,25,26). The Morgan fingerprint density at radius 1 is 1.10 bits per heavy atom. The highest BCUT2D eigenvalue weighted by Gasteiger charge is 2.42. The number of esters is 1. The van der Waals surface area contributed by atoms with Crippen LogP contribution in [0.15, 0.2) is 12.1 Å². The van der Waals surface area contributed by atoms with E-state index in [9.17, 15) is 22.8 Å². The van der Waals surface area contributed by atoms with Crippen molar-refractivity contribution >= 4 is 11.9 Å². The fourth-order valence-electron chi connectivity index (χ4n) is 3.76. The summed E-state index contributed by atoms with van der Waals surface area (Å²) in [7, 11) is 0. The SMILES string of the molecule is CCOC(=O)C1(NC(=O)Cc2c(C)cc(OCC(F)(F)F)cc2C)CCCCC1. The summed E-state index contributed by atoms with van der Waals surface area (Å²) in [5.74, 6) is -0.607. The zero-order chi connectivity index (χ0) is 21.7. The molecule has 0 unspecified atom stereocenters. The summed E-state index contributed by atoms with van der Waals surface area (Å²) < 4.78 is 47.1. The van der Waals surface area contributed by atoms with E-state index in [1.54, 1.807) is 20.8 Å². The van der Waals surface area contributed by atoms with Crippen LogP contribution in [0.3, 0.4) is 0 Å². The number of hydrogen-bond donors (Lipinski definition) is 1. The molecule has 8 heteroatoms. The number of carbonyl (C=O) groups is 2. The molecule has 0 spiro atoms. The highest BCUT2D eigenvalue weighted by atomic mass is 19.4. The Morgan fingerprint density at radius 3 is 2.21 bits per heavy atom. The van der Waals surface area contributed by atoms with Gasteiger partial charge < -0.3 is 14.8 Å². The van der Waals surface area contributed by atoms with Crippen LogP contribution >= 0.6 is 0 Å². The average molecular weight is 415 g/mol. The van der Waals surface area contributed by atoms with E-state index in [-0.39, 0.29) is 24.7 Å². The zero-order valence-electron chi connectivity index (χ0n) is 17.1. The first-order valence-electron chi connectivity index (χ1n) is 9.84. The van der Waals surface area contributed by atoms with Gasteiger partial charge in [0, 0.05) is 0 Å². The largest absolute Gasteiger partial charge is 0.484 e. The number of benzene rings is 1. The first-order chi connectivity index (χ1) is 13.6. The number of aryl methyl sites for hydroxylation is 2. The lowest BCUT2D eigenvalue weighted by molar-refractivity contribution is -0.155. The first-order valence-corrected chi connectivity index (χ1v) is 9.84. The minimum atomic E-state index is -4.41. The maximum Gasteiger partial charge on any atom is 0.422 e. The summed E-state index contributed by atoms with van der Waals surface area (Å²) in [5, 5.41) is 2.89. The van der Waals surface area contributed by atoms with E-state index in [4.69, 9.17) is 9.47 Å². The van der Waals surface area contributed by atoms with Gasteiger partial charge in [-0.2, -0.15) is 13.2 Å². The van der Waals surface area contributed by atoms with Crippen LogP contribution in [0.5, 0.6) is 5.75 Å². The molecule has 1 N–H and O–H groups in total. The molecule has 1 aliphatic carbocycles. The van der Waals surface area contributed by atoms with Crippen LogP contribution in [-0.2, 0) is 20.7 Å². The van der Waals surface area contributed by atoms with Gasteiger partial charge in [-0.25, -0.2) is 4.79 Å². The van der Waals surface area contributed by atoms with E-state index < -0.39 is 24.3 Å². The Bertz CT molecular complexity index is 717. The van der Waals surface area contributed by atoms with Crippen molar-refractivity contribution in [1.29, 1.82) is 0 Å². The topological polar surface area (TPSA) is 64.6 Å². The maximum atomic E-state index is 12.7. The molecule has 5 nitrogen and oxygen atoms in total. The highest BCUT2D eigenvalue weighted by Crippen LogP contribution is 2.30. The number of hydrogen-bond acceptors (Lipinski definition) is 4. The Hall–Kier alpha value is -2.25. The minimum absolute atomic E-state index is 0.0262. The van der Waals surface area contributed by atoms with Gasteiger partial charge in [0.2, 0.25) is 5.91 Å². The van der Waals surface area contributed by atoms with Crippen LogP contribution in [0, 0.1) is 13.8 Å². The van der Waals surface area contributed by atoms with Gasteiger partial charge in [-0.1, -0.05) is 19.3 Å². The molecule has 162 valence electrons. The van der Waals surface area contributed by atoms with Crippen molar-refractivity contribution in [3.63, 3.8) is 0 Å². The van der Waals surface area contributed by atoms with Crippen molar-refractivity contribution in [2.75, 3.05) is 13.2 Å². The number of alkyl halides is 3. The lowest BCUT2D eigenvalue weighted by Gasteiger charge is -2.35. The molecule has 0 atom stereocenters. The fraction of sp³-hybridized carbons (Fsp3) is 0.619. The summed E-state index contributed by atoms with van der Waals surface area (Å²) in [6.07, 6.45) is -0.626. The second kappa shape index (κ2) is 9.50. The van der Waals surface area contributed by atoms with Crippen LogP contribution in [0.25, 0.3) is 0 Å². The fourth-order valence-corrected chi connectivity index (χ4v) is 3.76. The van der Waals surface area contributed by atoms with Gasteiger partial charge in [0.25, 0.3) is 0 Å². The molecule has 0 bridgehead atoms. The number of halogens is 3. The van der Waals surface area contributed by atoms with E-state index in [0.717, 1.165) is 19.3 Å². The minimum Gasteiger partial charge on any atom is -0.484 e. The maximum absolute atomic E-state index is 12.7. The van der Waals surface area contributed by atoms with E-state index in [1.165, 1.54) is 12.1 Å². The molecule has 1 aromatic rings. The third-order valence-corrected chi connectivity index (χ3v) is 5.16. The molecule has 0 aliphatic heterocycles. The number of nitrogens with one attached hydrogen (secondary N) is 1. The lowest BCUT2D eigenvalue weighted by atomic mass is 9.81. The van der Waals surface area contributed by atoms with E-state index >= 15 is 0 Å². The molecule has 1 aliphatic rings. The Kier molecular flexibility index (Phi) is 7.54. The van der Waals surface area contributed by atoms with Crippen molar-refractivity contribution < 1.29 is 32.2 Å². The third kappa shape index (κ3) is 6.37. The lowest BCUT2D eigenvalue weighted by Crippen LogP contribution is -2.56. The van der Waals surface area contributed by atoms with Crippen LogP contribution < -0.4 is 10.1 Å². The van der Waals surface area contributed by atoms with Crippen molar-refractivity contribution in [3.05, 3.63) is 28.8 Å². The zero-order valence-corrected chi connectivity index (χ0v) is 17.1. The Balaban J connectivity index is 2.11. The first kappa shape index (κ1) is 23.0.